The van der Waals surface area contributed by atoms with Crippen molar-refractivity contribution in [2.24, 2.45) is 0 Å². The highest BCUT2D eigenvalue weighted by molar-refractivity contribution is 5.94. The summed E-state index contributed by atoms with van der Waals surface area (Å²) in [6, 6.07) is 27.8. The van der Waals surface area contributed by atoms with Gasteiger partial charge in [0.05, 0.1) is 29.2 Å². The zero-order valence-corrected chi connectivity index (χ0v) is 22.0. The molecule has 1 aliphatic heterocycles. The number of hydrogen-bond donors (Lipinski definition) is 0. The molecule has 0 spiro atoms. The molecular formula is C31H31N5O2. The molecule has 38 heavy (non-hydrogen) atoms. The highest BCUT2D eigenvalue weighted by atomic mass is 16.5. The summed E-state index contributed by atoms with van der Waals surface area (Å²) in [5.41, 5.74) is 4.73. The molecule has 0 bridgehead atoms. The van der Waals surface area contributed by atoms with Crippen LogP contribution in [0.15, 0.2) is 84.9 Å². The maximum Gasteiger partial charge on any atom is 0.337 e. The standard InChI is InChI=1S/C29H25N5O2.C2H6/c1-36-29(35)22-11-13-24-25(19-22)32-28(27(31-24)21-8-3-2-4-9-21)34-17-15-33(16-18-34)26-14-12-20-7-5-6-10-23(20)30-26;1-2/h2-14,19H,15-18H2,1H3;1-2H3. The lowest BCUT2D eigenvalue weighted by Crippen LogP contribution is -2.47. The summed E-state index contributed by atoms with van der Waals surface area (Å²) in [5.74, 6) is 1.43. The van der Waals surface area contributed by atoms with Crippen molar-refractivity contribution in [3.8, 4) is 11.3 Å². The number of carbonyl (C=O) groups is 1. The third kappa shape index (κ3) is 5.00. The third-order valence-electron chi connectivity index (χ3n) is 6.60. The van der Waals surface area contributed by atoms with E-state index in [4.69, 9.17) is 19.7 Å². The number of piperazine rings is 1. The lowest BCUT2D eigenvalue weighted by Gasteiger charge is -2.36. The number of methoxy groups -OCH3 is 1. The molecule has 0 aliphatic carbocycles. The number of rotatable bonds is 4. The molecule has 5 aromatic rings. The van der Waals surface area contributed by atoms with Gasteiger partial charge in [0.25, 0.3) is 0 Å². The molecule has 2 aromatic heterocycles. The van der Waals surface area contributed by atoms with Gasteiger partial charge in [-0.2, -0.15) is 0 Å². The minimum Gasteiger partial charge on any atom is -0.465 e. The van der Waals surface area contributed by atoms with E-state index in [-0.39, 0.29) is 5.97 Å². The van der Waals surface area contributed by atoms with Crippen LogP contribution >= 0.6 is 0 Å². The molecule has 7 heteroatoms. The fourth-order valence-electron chi connectivity index (χ4n) is 4.68. The normalized spacial score (nSPS) is 13.2. The average Bonchev–Trinajstić information content (AvgIpc) is 3.01. The molecule has 3 aromatic carbocycles. The minimum atomic E-state index is -0.385. The molecule has 0 N–H and O–H groups in total. The van der Waals surface area contributed by atoms with Crippen LogP contribution in [0.2, 0.25) is 0 Å². The lowest BCUT2D eigenvalue weighted by molar-refractivity contribution is 0.0601. The van der Waals surface area contributed by atoms with E-state index >= 15 is 0 Å². The monoisotopic (exact) mass is 505 g/mol. The van der Waals surface area contributed by atoms with Gasteiger partial charge < -0.3 is 14.5 Å². The van der Waals surface area contributed by atoms with Gasteiger partial charge >= 0.3 is 5.97 Å². The van der Waals surface area contributed by atoms with Crippen molar-refractivity contribution in [1.29, 1.82) is 0 Å². The molecule has 7 nitrogen and oxygen atoms in total. The first kappa shape index (κ1) is 25.1. The minimum absolute atomic E-state index is 0.385. The van der Waals surface area contributed by atoms with Crippen LogP contribution in [0.25, 0.3) is 33.2 Å². The number of carbonyl (C=O) groups excluding carboxylic acids is 1. The van der Waals surface area contributed by atoms with Gasteiger partial charge in [0, 0.05) is 37.1 Å². The highest BCUT2D eigenvalue weighted by Gasteiger charge is 2.24. The molecule has 0 amide bonds. The second-order valence-electron chi connectivity index (χ2n) is 8.79. The Kier molecular flexibility index (Phi) is 7.45. The van der Waals surface area contributed by atoms with Crippen molar-refractivity contribution in [2.75, 3.05) is 43.1 Å². The largest absolute Gasteiger partial charge is 0.465 e. The third-order valence-corrected chi connectivity index (χ3v) is 6.60. The second-order valence-corrected chi connectivity index (χ2v) is 8.79. The van der Waals surface area contributed by atoms with E-state index in [1.54, 1.807) is 12.1 Å². The SMILES string of the molecule is CC.COC(=O)c1ccc2nc(-c3ccccc3)c(N3CCN(c4ccc5ccccc5n4)CC3)nc2c1. The summed E-state index contributed by atoms with van der Waals surface area (Å²) in [6.07, 6.45) is 0. The Bertz CT molecular complexity index is 1560. The van der Waals surface area contributed by atoms with Crippen molar-refractivity contribution in [2.45, 2.75) is 13.8 Å². The molecule has 0 atom stereocenters. The number of esters is 1. The topological polar surface area (TPSA) is 71.5 Å². The lowest BCUT2D eigenvalue weighted by atomic mass is 10.1. The Hall–Kier alpha value is -4.52. The van der Waals surface area contributed by atoms with Crippen molar-refractivity contribution in [3.63, 3.8) is 0 Å². The van der Waals surface area contributed by atoms with Crippen LogP contribution in [0.4, 0.5) is 11.6 Å². The van der Waals surface area contributed by atoms with Crippen molar-refractivity contribution in [1.82, 2.24) is 15.0 Å². The zero-order valence-electron chi connectivity index (χ0n) is 22.0. The van der Waals surface area contributed by atoms with Crippen LogP contribution in [0, 0.1) is 0 Å². The number of para-hydroxylation sites is 1. The Morgan fingerprint density at radius 1 is 0.711 bits per heavy atom. The van der Waals surface area contributed by atoms with Gasteiger partial charge in [0.2, 0.25) is 0 Å². The van der Waals surface area contributed by atoms with Gasteiger partial charge in [-0.25, -0.2) is 19.7 Å². The predicted octanol–water partition coefficient (Wildman–Crippen LogP) is 5.98. The van der Waals surface area contributed by atoms with Gasteiger partial charge in [-0.3, -0.25) is 0 Å². The summed E-state index contributed by atoms with van der Waals surface area (Å²) in [4.78, 5) is 31.5. The highest BCUT2D eigenvalue weighted by Crippen LogP contribution is 2.31. The van der Waals surface area contributed by atoms with Crippen LogP contribution in [0.1, 0.15) is 24.2 Å². The average molecular weight is 506 g/mol. The predicted molar refractivity (Wildman–Crippen MR) is 154 cm³/mol. The maximum atomic E-state index is 12.1. The number of aromatic nitrogens is 3. The van der Waals surface area contributed by atoms with Gasteiger partial charge in [-0.05, 0) is 36.4 Å². The van der Waals surface area contributed by atoms with E-state index in [1.807, 2.05) is 50.2 Å². The van der Waals surface area contributed by atoms with Gasteiger partial charge in [0.1, 0.15) is 11.5 Å². The Labute approximate surface area is 222 Å². The molecule has 0 radical (unpaired) electrons. The summed E-state index contributed by atoms with van der Waals surface area (Å²) in [6.45, 7) is 7.21. The fraction of sp³-hybridized carbons (Fsp3) is 0.226. The summed E-state index contributed by atoms with van der Waals surface area (Å²) < 4.78 is 4.90. The molecular weight excluding hydrogens is 474 g/mol. The first-order valence-electron chi connectivity index (χ1n) is 13.0. The van der Waals surface area contributed by atoms with E-state index in [9.17, 15) is 4.79 Å². The van der Waals surface area contributed by atoms with Gasteiger partial charge in [0.15, 0.2) is 5.82 Å². The zero-order chi connectivity index (χ0) is 26.5. The second kappa shape index (κ2) is 11.3. The smallest absolute Gasteiger partial charge is 0.337 e. The first-order valence-corrected chi connectivity index (χ1v) is 13.0. The van der Waals surface area contributed by atoms with E-state index in [0.717, 1.165) is 65.5 Å². The van der Waals surface area contributed by atoms with E-state index in [1.165, 1.54) is 7.11 Å². The number of ether oxygens (including phenoxy) is 1. The van der Waals surface area contributed by atoms with E-state index < -0.39 is 0 Å². The number of benzene rings is 3. The van der Waals surface area contributed by atoms with Crippen LogP contribution in [0.3, 0.4) is 0 Å². The number of anilines is 2. The van der Waals surface area contributed by atoms with E-state index in [2.05, 4.69) is 46.2 Å². The number of pyridine rings is 1. The summed E-state index contributed by atoms with van der Waals surface area (Å²) >= 11 is 0. The summed E-state index contributed by atoms with van der Waals surface area (Å²) in [7, 11) is 1.38. The van der Waals surface area contributed by atoms with Crippen LogP contribution in [-0.4, -0.2) is 54.2 Å². The Balaban J connectivity index is 0.00000144. The molecule has 6 rings (SSSR count). The first-order chi connectivity index (χ1) is 18.7. The molecule has 1 saturated heterocycles. The van der Waals surface area contributed by atoms with Crippen molar-refractivity contribution >= 4 is 39.5 Å². The Morgan fingerprint density at radius 3 is 2.18 bits per heavy atom. The maximum absolute atomic E-state index is 12.1. The van der Waals surface area contributed by atoms with Crippen molar-refractivity contribution in [3.05, 3.63) is 90.5 Å². The van der Waals surface area contributed by atoms with Gasteiger partial charge in [-0.15, -0.1) is 0 Å². The summed E-state index contributed by atoms with van der Waals surface area (Å²) in [5, 5.41) is 1.14. The van der Waals surface area contributed by atoms with E-state index in [0.29, 0.717) is 11.1 Å². The van der Waals surface area contributed by atoms with Crippen LogP contribution in [-0.2, 0) is 4.74 Å². The molecule has 1 aliphatic rings. The number of nitrogens with zero attached hydrogens (tertiary/aromatic N) is 5. The quantitative estimate of drug-likeness (QED) is 0.278. The fourth-order valence-corrected chi connectivity index (χ4v) is 4.68. The Morgan fingerprint density at radius 2 is 1.42 bits per heavy atom. The van der Waals surface area contributed by atoms with Crippen LogP contribution in [0.5, 0.6) is 0 Å². The van der Waals surface area contributed by atoms with Crippen LogP contribution < -0.4 is 9.80 Å². The molecule has 1 fully saturated rings. The number of hydrogen-bond acceptors (Lipinski definition) is 7. The van der Waals surface area contributed by atoms with Crippen molar-refractivity contribution < 1.29 is 9.53 Å². The molecule has 0 saturated carbocycles. The molecule has 192 valence electrons. The molecule has 3 heterocycles. The number of fused-ring (bicyclic) bond motifs is 2. The molecule has 0 unspecified atom stereocenters. The van der Waals surface area contributed by atoms with Gasteiger partial charge in [-0.1, -0.05) is 62.4 Å².